The molecule has 0 spiro atoms. The average Bonchev–Trinajstić information content (AvgIpc) is 2.17. The summed E-state index contributed by atoms with van der Waals surface area (Å²) in [5.41, 5.74) is 0.783. The van der Waals surface area contributed by atoms with Crippen LogP contribution in [0.4, 0.5) is 0 Å². The average molecular weight is 222 g/mol. The molecule has 0 saturated heterocycles. The Bertz CT molecular complexity index is 349. The van der Waals surface area contributed by atoms with Crippen LogP contribution in [0.5, 0.6) is 0 Å². The molecule has 0 aliphatic rings. The van der Waals surface area contributed by atoms with Crippen LogP contribution in [0.15, 0.2) is 24.5 Å². The highest BCUT2D eigenvalue weighted by Gasteiger charge is 2.26. The molecule has 4 nitrogen and oxygen atoms in total. The van der Waals surface area contributed by atoms with Crippen LogP contribution in [-0.2, 0) is 11.3 Å². The summed E-state index contributed by atoms with van der Waals surface area (Å²) in [5.74, 6) is -0.772. The molecular formula is C12H18N2O2. The predicted octanol–water partition coefficient (Wildman–Crippen LogP) is 1.77. The van der Waals surface area contributed by atoms with Gasteiger partial charge in [-0.1, -0.05) is 0 Å². The number of aliphatic carboxylic acids is 1. The number of hydrogen-bond acceptors (Lipinski definition) is 3. The number of pyridine rings is 1. The molecule has 1 aromatic heterocycles. The van der Waals surface area contributed by atoms with Crippen LogP contribution in [0.1, 0.15) is 25.8 Å². The fourth-order valence-corrected chi connectivity index (χ4v) is 1.48. The van der Waals surface area contributed by atoms with Crippen molar-refractivity contribution in [3.8, 4) is 0 Å². The molecule has 0 bridgehead atoms. The highest BCUT2D eigenvalue weighted by molar-refractivity contribution is 5.68. The maximum absolute atomic E-state index is 10.7. The Balaban J connectivity index is 2.64. The highest BCUT2D eigenvalue weighted by atomic mass is 16.4. The minimum atomic E-state index is -0.772. The minimum Gasteiger partial charge on any atom is -0.481 e. The van der Waals surface area contributed by atoms with E-state index < -0.39 is 5.97 Å². The Hall–Kier alpha value is -1.42. The number of carbonyl (C=O) groups is 1. The Morgan fingerprint density at radius 2 is 2.00 bits per heavy atom. The molecule has 16 heavy (non-hydrogen) atoms. The topological polar surface area (TPSA) is 53.4 Å². The summed E-state index contributed by atoms with van der Waals surface area (Å²) in [6, 6.07) is 3.88. The van der Waals surface area contributed by atoms with Crippen LogP contribution < -0.4 is 0 Å². The smallest absolute Gasteiger partial charge is 0.305 e. The lowest BCUT2D eigenvalue weighted by Gasteiger charge is -2.34. The molecule has 0 fully saturated rings. The number of nitrogens with zero attached hydrogens (tertiary/aromatic N) is 2. The van der Waals surface area contributed by atoms with Crippen molar-refractivity contribution in [1.82, 2.24) is 9.88 Å². The van der Waals surface area contributed by atoms with Gasteiger partial charge in [-0.3, -0.25) is 14.7 Å². The van der Waals surface area contributed by atoms with E-state index in [2.05, 4.69) is 4.98 Å². The lowest BCUT2D eigenvalue weighted by Crippen LogP contribution is -2.42. The van der Waals surface area contributed by atoms with Crippen LogP contribution in [0.25, 0.3) is 0 Å². The normalized spacial score (nSPS) is 11.8. The van der Waals surface area contributed by atoms with Crippen molar-refractivity contribution in [2.24, 2.45) is 0 Å². The number of rotatable bonds is 5. The van der Waals surface area contributed by atoms with E-state index in [0.717, 1.165) is 12.1 Å². The minimum absolute atomic E-state index is 0.134. The van der Waals surface area contributed by atoms with Crippen molar-refractivity contribution in [2.45, 2.75) is 32.4 Å². The van der Waals surface area contributed by atoms with E-state index in [4.69, 9.17) is 5.11 Å². The van der Waals surface area contributed by atoms with E-state index >= 15 is 0 Å². The SMILES string of the molecule is CN(Cc1ccncc1)C(C)(C)CC(=O)O. The summed E-state index contributed by atoms with van der Waals surface area (Å²) in [6.45, 7) is 4.59. The van der Waals surface area contributed by atoms with Gasteiger partial charge < -0.3 is 5.11 Å². The lowest BCUT2D eigenvalue weighted by molar-refractivity contribution is -0.139. The molecule has 0 aromatic carbocycles. The second-order valence-electron chi connectivity index (χ2n) is 4.59. The number of hydrogen-bond donors (Lipinski definition) is 1. The Labute approximate surface area is 95.9 Å². The van der Waals surface area contributed by atoms with Crippen LogP contribution in [-0.4, -0.2) is 33.5 Å². The van der Waals surface area contributed by atoms with Gasteiger partial charge in [0.05, 0.1) is 6.42 Å². The molecule has 0 atom stereocenters. The molecule has 0 unspecified atom stereocenters. The predicted molar refractivity (Wildman–Crippen MR) is 62.0 cm³/mol. The first kappa shape index (κ1) is 12.6. The third-order valence-corrected chi connectivity index (χ3v) is 2.79. The molecule has 0 amide bonds. The van der Waals surface area contributed by atoms with Crippen LogP contribution in [0.3, 0.4) is 0 Å². The molecule has 0 aliphatic heterocycles. The van der Waals surface area contributed by atoms with E-state index in [1.165, 1.54) is 0 Å². The van der Waals surface area contributed by atoms with E-state index in [0.29, 0.717) is 0 Å². The maximum Gasteiger partial charge on any atom is 0.305 e. The van der Waals surface area contributed by atoms with E-state index in [9.17, 15) is 4.79 Å². The van der Waals surface area contributed by atoms with Gasteiger partial charge in [-0.05, 0) is 38.6 Å². The monoisotopic (exact) mass is 222 g/mol. The standard InChI is InChI=1S/C12H18N2O2/c1-12(2,8-11(15)16)14(3)9-10-4-6-13-7-5-10/h4-7H,8-9H2,1-3H3,(H,15,16). The highest BCUT2D eigenvalue weighted by Crippen LogP contribution is 2.19. The molecule has 1 aromatic rings. The van der Waals surface area contributed by atoms with Gasteiger partial charge in [-0.25, -0.2) is 0 Å². The van der Waals surface area contributed by atoms with Crippen molar-refractivity contribution in [2.75, 3.05) is 7.05 Å². The quantitative estimate of drug-likeness (QED) is 0.825. The van der Waals surface area contributed by atoms with E-state index in [1.54, 1.807) is 12.4 Å². The summed E-state index contributed by atoms with van der Waals surface area (Å²) in [5, 5.41) is 8.83. The Morgan fingerprint density at radius 1 is 1.44 bits per heavy atom. The Morgan fingerprint density at radius 3 is 2.50 bits per heavy atom. The zero-order valence-electron chi connectivity index (χ0n) is 9.97. The second-order valence-corrected chi connectivity index (χ2v) is 4.59. The van der Waals surface area contributed by atoms with E-state index in [1.807, 2.05) is 37.9 Å². The Kier molecular flexibility index (Phi) is 4.01. The molecule has 0 saturated carbocycles. The number of carboxylic acid groups (broad SMARTS) is 1. The third-order valence-electron chi connectivity index (χ3n) is 2.79. The molecule has 1 heterocycles. The van der Waals surface area contributed by atoms with Crippen molar-refractivity contribution < 1.29 is 9.90 Å². The zero-order valence-corrected chi connectivity index (χ0v) is 9.97. The lowest BCUT2D eigenvalue weighted by atomic mass is 9.98. The maximum atomic E-state index is 10.7. The molecule has 0 radical (unpaired) electrons. The first-order valence-corrected chi connectivity index (χ1v) is 5.24. The van der Waals surface area contributed by atoms with Crippen LogP contribution >= 0.6 is 0 Å². The molecule has 4 heteroatoms. The largest absolute Gasteiger partial charge is 0.481 e. The van der Waals surface area contributed by atoms with Gasteiger partial charge in [0.2, 0.25) is 0 Å². The zero-order chi connectivity index (χ0) is 12.2. The second kappa shape index (κ2) is 5.07. The first-order valence-electron chi connectivity index (χ1n) is 5.24. The van der Waals surface area contributed by atoms with Gasteiger partial charge in [0.1, 0.15) is 0 Å². The number of carboxylic acids is 1. The summed E-state index contributed by atoms with van der Waals surface area (Å²) >= 11 is 0. The van der Waals surface area contributed by atoms with Gasteiger partial charge in [-0.15, -0.1) is 0 Å². The summed E-state index contributed by atoms with van der Waals surface area (Å²) in [7, 11) is 1.93. The summed E-state index contributed by atoms with van der Waals surface area (Å²) in [6.07, 6.45) is 3.62. The van der Waals surface area contributed by atoms with Crippen molar-refractivity contribution in [3.63, 3.8) is 0 Å². The van der Waals surface area contributed by atoms with Crippen molar-refractivity contribution >= 4 is 5.97 Å². The fourth-order valence-electron chi connectivity index (χ4n) is 1.48. The van der Waals surface area contributed by atoms with Crippen molar-refractivity contribution in [3.05, 3.63) is 30.1 Å². The fraction of sp³-hybridized carbons (Fsp3) is 0.500. The van der Waals surface area contributed by atoms with Gasteiger partial charge in [0.15, 0.2) is 0 Å². The van der Waals surface area contributed by atoms with Gasteiger partial charge >= 0.3 is 5.97 Å². The van der Waals surface area contributed by atoms with Gasteiger partial charge in [-0.2, -0.15) is 0 Å². The summed E-state index contributed by atoms with van der Waals surface area (Å²) < 4.78 is 0. The van der Waals surface area contributed by atoms with E-state index in [-0.39, 0.29) is 12.0 Å². The summed E-state index contributed by atoms with van der Waals surface area (Å²) in [4.78, 5) is 16.7. The first-order chi connectivity index (χ1) is 7.42. The molecule has 1 rings (SSSR count). The third kappa shape index (κ3) is 3.62. The van der Waals surface area contributed by atoms with Crippen molar-refractivity contribution in [1.29, 1.82) is 0 Å². The molecular weight excluding hydrogens is 204 g/mol. The van der Waals surface area contributed by atoms with Crippen LogP contribution in [0.2, 0.25) is 0 Å². The van der Waals surface area contributed by atoms with Crippen LogP contribution in [0, 0.1) is 0 Å². The van der Waals surface area contributed by atoms with Gasteiger partial charge in [0.25, 0.3) is 0 Å². The molecule has 0 aliphatic carbocycles. The van der Waals surface area contributed by atoms with Gasteiger partial charge in [0, 0.05) is 24.5 Å². The molecule has 1 N–H and O–H groups in total. The molecule has 88 valence electrons. The number of aromatic nitrogens is 1.